The first-order valence-corrected chi connectivity index (χ1v) is 8.84. The smallest absolute Gasteiger partial charge is 0.225 e. The summed E-state index contributed by atoms with van der Waals surface area (Å²) in [6, 6.07) is 0.875. The van der Waals surface area contributed by atoms with Crippen LogP contribution in [0, 0.1) is 17.8 Å². The average molecular weight is 276 g/mol. The van der Waals surface area contributed by atoms with Crippen molar-refractivity contribution < 1.29 is 4.79 Å². The maximum atomic E-state index is 12.7. The molecule has 0 bridgehead atoms. The van der Waals surface area contributed by atoms with Gasteiger partial charge in [0.1, 0.15) is 0 Å². The minimum absolute atomic E-state index is 0.336. The second-order valence-electron chi connectivity index (χ2n) is 7.57. The average Bonchev–Trinajstić information content (AvgIpc) is 3.40. The maximum absolute atomic E-state index is 12.7. The van der Waals surface area contributed by atoms with Crippen molar-refractivity contribution in [3.05, 3.63) is 0 Å². The van der Waals surface area contributed by atoms with Crippen molar-refractivity contribution >= 4 is 5.91 Å². The SMILES string of the molecule is O=C(C1CCN(C2CC2)CC1)N1CCCC(C2CC2)C1. The van der Waals surface area contributed by atoms with Gasteiger partial charge < -0.3 is 9.80 Å². The fourth-order valence-corrected chi connectivity index (χ4v) is 4.37. The van der Waals surface area contributed by atoms with Crippen molar-refractivity contribution in [1.29, 1.82) is 0 Å². The summed E-state index contributed by atoms with van der Waals surface area (Å²) in [5.41, 5.74) is 0. The zero-order valence-electron chi connectivity index (χ0n) is 12.6. The van der Waals surface area contributed by atoms with Crippen LogP contribution >= 0.6 is 0 Å². The largest absolute Gasteiger partial charge is 0.342 e. The fourth-order valence-electron chi connectivity index (χ4n) is 4.37. The van der Waals surface area contributed by atoms with Gasteiger partial charge in [-0.3, -0.25) is 4.79 Å². The molecule has 0 radical (unpaired) electrons. The Labute approximate surface area is 122 Å². The van der Waals surface area contributed by atoms with E-state index in [1.807, 2.05) is 0 Å². The molecule has 1 unspecified atom stereocenters. The van der Waals surface area contributed by atoms with Gasteiger partial charge in [0.25, 0.3) is 0 Å². The lowest BCUT2D eigenvalue weighted by Crippen LogP contribution is -2.46. The molecule has 20 heavy (non-hydrogen) atoms. The molecular weight excluding hydrogens is 248 g/mol. The fraction of sp³-hybridized carbons (Fsp3) is 0.941. The third-order valence-corrected chi connectivity index (χ3v) is 6.00. The third-order valence-electron chi connectivity index (χ3n) is 6.00. The third kappa shape index (κ3) is 2.74. The molecule has 4 rings (SSSR count). The predicted molar refractivity (Wildman–Crippen MR) is 79.3 cm³/mol. The number of nitrogens with zero attached hydrogens (tertiary/aromatic N) is 2. The summed E-state index contributed by atoms with van der Waals surface area (Å²) in [5.74, 6) is 2.62. The van der Waals surface area contributed by atoms with Gasteiger partial charge in [-0.2, -0.15) is 0 Å². The van der Waals surface area contributed by atoms with Crippen LogP contribution in [-0.4, -0.2) is 47.9 Å². The molecule has 1 atom stereocenters. The molecule has 0 N–H and O–H groups in total. The molecule has 112 valence electrons. The highest BCUT2D eigenvalue weighted by molar-refractivity contribution is 5.79. The van der Waals surface area contributed by atoms with E-state index >= 15 is 0 Å². The first kappa shape index (κ1) is 13.1. The molecule has 3 nitrogen and oxygen atoms in total. The zero-order chi connectivity index (χ0) is 13.5. The summed E-state index contributed by atoms with van der Waals surface area (Å²) in [7, 11) is 0. The molecule has 0 spiro atoms. The molecular formula is C17H28N2O. The molecule has 0 aromatic rings. The Morgan fingerprint density at radius 1 is 0.800 bits per heavy atom. The lowest BCUT2D eigenvalue weighted by molar-refractivity contribution is -0.139. The Morgan fingerprint density at radius 2 is 1.55 bits per heavy atom. The second-order valence-corrected chi connectivity index (χ2v) is 7.57. The standard InChI is InChI=1S/C17H28N2O/c20-17(14-7-10-18(11-8-14)16-5-6-16)19-9-1-2-15(12-19)13-3-4-13/h13-16H,1-12H2. The quantitative estimate of drug-likeness (QED) is 0.791. The van der Waals surface area contributed by atoms with Crippen molar-refractivity contribution in [2.75, 3.05) is 26.2 Å². The zero-order valence-corrected chi connectivity index (χ0v) is 12.6. The van der Waals surface area contributed by atoms with Crippen LogP contribution in [0.15, 0.2) is 0 Å². The summed E-state index contributed by atoms with van der Waals surface area (Å²) >= 11 is 0. The van der Waals surface area contributed by atoms with Crippen molar-refractivity contribution in [3.63, 3.8) is 0 Å². The van der Waals surface area contributed by atoms with Crippen LogP contribution in [0.4, 0.5) is 0 Å². The molecule has 0 aromatic carbocycles. The van der Waals surface area contributed by atoms with E-state index < -0.39 is 0 Å². The number of carbonyl (C=O) groups is 1. The Balaban J connectivity index is 1.30. The first-order valence-electron chi connectivity index (χ1n) is 8.84. The summed E-state index contributed by atoms with van der Waals surface area (Å²) in [5, 5.41) is 0. The molecule has 4 aliphatic rings. The molecule has 2 aliphatic heterocycles. The number of hydrogen-bond donors (Lipinski definition) is 0. The van der Waals surface area contributed by atoms with E-state index in [2.05, 4.69) is 9.80 Å². The number of likely N-dealkylation sites (tertiary alicyclic amines) is 2. The van der Waals surface area contributed by atoms with Gasteiger partial charge in [0, 0.05) is 25.0 Å². The van der Waals surface area contributed by atoms with Gasteiger partial charge in [0.2, 0.25) is 5.91 Å². The van der Waals surface area contributed by atoms with Crippen molar-refractivity contribution in [3.8, 4) is 0 Å². The van der Waals surface area contributed by atoms with Crippen LogP contribution in [0.3, 0.4) is 0 Å². The van der Waals surface area contributed by atoms with Crippen LogP contribution in [0.1, 0.15) is 51.4 Å². The lowest BCUT2D eigenvalue weighted by Gasteiger charge is -2.38. The van der Waals surface area contributed by atoms with Crippen molar-refractivity contribution in [2.24, 2.45) is 17.8 Å². The number of carbonyl (C=O) groups excluding carboxylic acids is 1. The molecule has 3 heteroatoms. The van der Waals surface area contributed by atoms with Crippen molar-refractivity contribution in [1.82, 2.24) is 9.80 Å². The van der Waals surface area contributed by atoms with Gasteiger partial charge in [0.15, 0.2) is 0 Å². The summed E-state index contributed by atoms with van der Waals surface area (Å²) in [6.45, 7) is 4.44. The minimum Gasteiger partial charge on any atom is -0.342 e. The molecule has 2 saturated carbocycles. The molecule has 2 aliphatic carbocycles. The first-order chi connectivity index (χ1) is 9.81. The molecule has 2 heterocycles. The Bertz CT molecular complexity index is 367. The van der Waals surface area contributed by atoms with Crippen LogP contribution in [0.5, 0.6) is 0 Å². The number of piperidine rings is 2. The Kier molecular flexibility index (Phi) is 3.49. The van der Waals surface area contributed by atoms with E-state index in [4.69, 9.17) is 0 Å². The summed E-state index contributed by atoms with van der Waals surface area (Å²) in [4.78, 5) is 17.6. The van der Waals surface area contributed by atoms with E-state index in [9.17, 15) is 4.79 Å². The van der Waals surface area contributed by atoms with Gasteiger partial charge in [-0.25, -0.2) is 0 Å². The Morgan fingerprint density at radius 3 is 2.20 bits per heavy atom. The normalized spacial score (nSPS) is 33.4. The van der Waals surface area contributed by atoms with Crippen molar-refractivity contribution in [2.45, 2.75) is 57.4 Å². The topological polar surface area (TPSA) is 23.6 Å². The highest BCUT2D eigenvalue weighted by atomic mass is 16.2. The molecule has 0 aromatic heterocycles. The Hall–Kier alpha value is -0.570. The van der Waals surface area contributed by atoms with E-state index in [1.165, 1.54) is 51.6 Å². The van der Waals surface area contributed by atoms with Gasteiger partial charge in [-0.1, -0.05) is 0 Å². The number of rotatable bonds is 3. The molecule has 2 saturated heterocycles. The molecule has 1 amide bonds. The van der Waals surface area contributed by atoms with Gasteiger partial charge >= 0.3 is 0 Å². The number of amides is 1. The van der Waals surface area contributed by atoms with Crippen LogP contribution in [0.25, 0.3) is 0 Å². The maximum Gasteiger partial charge on any atom is 0.225 e. The van der Waals surface area contributed by atoms with E-state index in [-0.39, 0.29) is 0 Å². The highest BCUT2D eigenvalue weighted by Crippen LogP contribution is 2.41. The van der Waals surface area contributed by atoms with Crippen LogP contribution < -0.4 is 0 Å². The summed E-state index contributed by atoms with van der Waals surface area (Å²) < 4.78 is 0. The monoisotopic (exact) mass is 276 g/mol. The number of hydrogen-bond acceptors (Lipinski definition) is 2. The highest BCUT2D eigenvalue weighted by Gasteiger charge is 2.38. The van der Waals surface area contributed by atoms with Gasteiger partial charge in [0.05, 0.1) is 0 Å². The van der Waals surface area contributed by atoms with E-state index in [1.54, 1.807) is 0 Å². The van der Waals surface area contributed by atoms with Gasteiger partial charge in [-0.05, 0) is 76.3 Å². The van der Waals surface area contributed by atoms with Crippen LogP contribution in [-0.2, 0) is 4.79 Å². The van der Waals surface area contributed by atoms with E-state index in [0.717, 1.165) is 43.8 Å². The summed E-state index contributed by atoms with van der Waals surface area (Å²) in [6.07, 6.45) is 10.5. The minimum atomic E-state index is 0.336. The van der Waals surface area contributed by atoms with Gasteiger partial charge in [-0.15, -0.1) is 0 Å². The second kappa shape index (κ2) is 5.32. The van der Waals surface area contributed by atoms with E-state index in [0.29, 0.717) is 11.8 Å². The predicted octanol–water partition coefficient (Wildman–Crippen LogP) is 2.51. The molecule has 4 fully saturated rings. The lowest BCUT2D eigenvalue weighted by atomic mass is 9.90. The van der Waals surface area contributed by atoms with Crippen LogP contribution in [0.2, 0.25) is 0 Å².